The van der Waals surface area contributed by atoms with Crippen LogP contribution in [0.2, 0.25) is 0 Å². The van der Waals surface area contributed by atoms with Gasteiger partial charge in [0, 0.05) is 18.2 Å². The molecule has 1 rings (SSSR count). The minimum Gasteiger partial charge on any atom is -0.502 e. The second kappa shape index (κ2) is 8.35. The smallest absolute Gasteiger partial charge is 0.329 e. The molecule has 0 heterocycles. The van der Waals surface area contributed by atoms with Crippen molar-refractivity contribution in [3.8, 4) is 5.75 Å². The van der Waals surface area contributed by atoms with Crippen molar-refractivity contribution in [2.45, 2.75) is 19.8 Å². The monoisotopic (exact) mass is 308 g/mol. The van der Waals surface area contributed by atoms with Gasteiger partial charge in [0.2, 0.25) is 0 Å². The first-order chi connectivity index (χ1) is 10.5. The fourth-order valence-corrected chi connectivity index (χ4v) is 1.44. The molecule has 0 bridgehead atoms. The van der Waals surface area contributed by atoms with Gasteiger partial charge in [0.15, 0.2) is 5.75 Å². The van der Waals surface area contributed by atoms with E-state index in [-0.39, 0.29) is 5.56 Å². The predicted molar refractivity (Wildman–Crippen MR) is 78.4 cm³/mol. The van der Waals surface area contributed by atoms with Gasteiger partial charge in [-0.1, -0.05) is 13.3 Å². The zero-order valence-corrected chi connectivity index (χ0v) is 11.9. The molecule has 1 aromatic rings. The van der Waals surface area contributed by atoms with E-state index in [0.29, 0.717) is 6.54 Å². The molecule has 0 aliphatic carbocycles. The highest BCUT2D eigenvalue weighted by Gasteiger charge is 2.13. The van der Waals surface area contributed by atoms with Crippen LogP contribution in [0.25, 0.3) is 0 Å². The highest BCUT2D eigenvalue weighted by molar-refractivity contribution is 6.35. The molecule has 0 aliphatic rings. The van der Waals surface area contributed by atoms with Crippen molar-refractivity contribution in [2.24, 2.45) is 5.10 Å². The third-order valence-electron chi connectivity index (χ3n) is 2.60. The molecular formula is C13H16N4O5. The topological polar surface area (TPSA) is 134 Å². The summed E-state index contributed by atoms with van der Waals surface area (Å²) >= 11 is 0. The number of unbranched alkanes of at least 4 members (excludes halogenated alkanes) is 1. The van der Waals surface area contributed by atoms with Gasteiger partial charge >= 0.3 is 17.5 Å². The van der Waals surface area contributed by atoms with Crippen molar-refractivity contribution in [1.82, 2.24) is 10.7 Å². The van der Waals surface area contributed by atoms with Gasteiger partial charge in [0.25, 0.3) is 0 Å². The molecule has 118 valence electrons. The summed E-state index contributed by atoms with van der Waals surface area (Å²) in [6, 6.07) is 3.60. The molecule has 0 saturated heterocycles. The van der Waals surface area contributed by atoms with Crippen LogP contribution in [0.1, 0.15) is 25.3 Å². The number of nitrogens with one attached hydrogen (secondary N) is 2. The lowest BCUT2D eigenvalue weighted by Crippen LogP contribution is -2.38. The number of hydrazone groups is 1. The third kappa shape index (κ3) is 5.19. The van der Waals surface area contributed by atoms with Crippen molar-refractivity contribution in [1.29, 1.82) is 0 Å². The van der Waals surface area contributed by atoms with E-state index in [1.54, 1.807) is 0 Å². The lowest BCUT2D eigenvalue weighted by Gasteiger charge is -2.02. The highest BCUT2D eigenvalue weighted by atomic mass is 16.6. The second-order valence-electron chi connectivity index (χ2n) is 4.31. The zero-order chi connectivity index (χ0) is 16.5. The minimum atomic E-state index is -0.930. The number of nitro benzene ring substituents is 1. The molecular weight excluding hydrogens is 292 g/mol. The van der Waals surface area contributed by atoms with E-state index in [1.165, 1.54) is 6.07 Å². The van der Waals surface area contributed by atoms with Crippen LogP contribution < -0.4 is 10.7 Å². The molecule has 22 heavy (non-hydrogen) atoms. The third-order valence-corrected chi connectivity index (χ3v) is 2.60. The summed E-state index contributed by atoms with van der Waals surface area (Å²) in [7, 11) is 0. The van der Waals surface area contributed by atoms with Crippen molar-refractivity contribution in [2.75, 3.05) is 6.54 Å². The number of rotatable bonds is 6. The molecule has 0 unspecified atom stereocenters. The van der Waals surface area contributed by atoms with Crippen LogP contribution >= 0.6 is 0 Å². The lowest BCUT2D eigenvalue weighted by atomic mass is 10.2. The number of nitrogens with zero attached hydrogens (tertiary/aromatic N) is 2. The Morgan fingerprint density at radius 2 is 2.14 bits per heavy atom. The molecule has 9 nitrogen and oxygen atoms in total. The van der Waals surface area contributed by atoms with E-state index in [1.807, 2.05) is 12.3 Å². The summed E-state index contributed by atoms with van der Waals surface area (Å²) in [5, 5.41) is 25.9. The first kappa shape index (κ1) is 17.1. The molecule has 0 aliphatic heterocycles. The Hall–Kier alpha value is -2.97. The lowest BCUT2D eigenvalue weighted by molar-refractivity contribution is -0.385. The molecule has 0 aromatic heterocycles. The number of hydrogen-bond donors (Lipinski definition) is 3. The van der Waals surface area contributed by atoms with Gasteiger partial charge in [0.05, 0.1) is 11.1 Å². The summed E-state index contributed by atoms with van der Waals surface area (Å²) in [5.74, 6) is -2.20. The minimum absolute atomic E-state index is 0.288. The van der Waals surface area contributed by atoms with Gasteiger partial charge in [0.1, 0.15) is 0 Å². The normalized spacial score (nSPS) is 10.4. The molecule has 0 spiro atoms. The number of nitro groups is 1. The maximum atomic E-state index is 11.4. The number of amides is 2. The van der Waals surface area contributed by atoms with Crippen LogP contribution in [-0.2, 0) is 9.59 Å². The van der Waals surface area contributed by atoms with Gasteiger partial charge in [-0.25, -0.2) is 5.43 Å². The summed E-state index contributed by atoms with van der Waals surface area (Å²) in [6.45, 7) is 2.35. The average molecular weight is 308 g/mol. The molecule has 1 aromatic carbocycles. The van der Waals surface area contributed by atoms with Gasteiger partial charge in [-0.2, -0.15) is 5.10 Å². The SMILES string of the molecule is CCCCNC(=O)C(=O)N/N=C/c1ccc(O)c([N+](=O)[O-])c1. The fourth-order valence-electron chi connectivity index (χ4n) is 1.44. The van der Waals surface area contributed by atoms with Gasteiger partial charge in [-0.15, -0.1) is 0 Å². The highest BCUT2D eigenvalue weighted by Crippen LogP contribution is 2.25. The average Bonchev–Trinajstić information content (AvgIpc) is 2.48. The molecule has 2 amide bonds. The quantitative estimate of drug-likeness (QED) is 0.233. The zero-order valence-electron chi connectivity index (χ0n) is 11.9. The number of carbonyl (C=O) groups excluding carboxylic acids is 2. The van der Waals surface area contributed by atoms with Gasteiger partial charge in [-0.05, 0) is 18.6 Å². The Kier molecular flexibility index (Phi) is 6.48. The maximum absolute atomic E-state index is 11.4. The Morgan fingerprint density at radius 3 is 2.77 bits per heavy atom. The second-order valence-corrected chi connectivity index (χ2v) is 4.31. The summed E-state index contributed by atoms with van der Waals surface area (Å²) < 4.78 is 0. The standard InChI is InChI=1S/C13H16N4O5/c1-2-3-6-14-12(19)13(20)16-15-8-9-4-5-11(18)10(7-9)17(21)22/h4-5,7-8,18H,2-3,6H2,1H3,(H,14,19)(H,16,20)/b15-8+. The van der Waals surface area contributed by atoms with Crippen molar-refractivity contribution in [3.63, 3.8) is 0 Å². The number of aromatic hydroxyl groups is 1. The Bertz CT molecular complexity index is 600. The van der Waals surface area contributed by atoms with Crippen molar-refractivity contribution in [3.05, 3.63) is 33.9 Å². The summed E-state index contributed by atoms with van der Waals surface area (Å²) in [4.78, 5) is 32.6. The molecule has 0 fully saturated rings. The number of hydrogen-bond acceptors (Lipinski definition) is 6. The largest absolute Gasteiger partial charge is 0.502 e. The molecule has 0 saturated carbocycles. The molecule has 9 heteroatoms. The van der Waals surface area contributed by atoms with Gasteiger partial charge in [-0.3, -0.25) is 19.7 Å². The van der Waals surface area contributed by atoms with Crippen LogP contribution in [-0.4, -0.2) is 34.6 Å². The van der Waals surface area contributed by atoms with Crippen LogP contribution in [0.3, 0.4) is 0 Å². The van der Waals surface area contributed by atoms with Crippen LogP contribution in [0.15, 0.2) is 23.3 Å². The first-order valence-corrected chi connectivity index (χ1v) is 6.54. The van der Waals surface area contributed by atoms with E-state index in [2.05, 4.69) is 10.4 Å². The van der Waals surface area contributed by atoms with Crippen molar-refractivity contribution >= 4 is 23.7 Å². The Balaban J connectivity index is 2.59. The molecule has 0 atom stereocenters. The summed E-state index contributed by atoms with van der Waals surface area (Å²) in [6.07, 6.45) is 2.78. The molecule has 0 radical (unpaired) electrons. The number of phenols is 1. The van der Waals surface area contributed by atoms with E-state index in [0.717, 1.165) is 31.2 Å². The van der Waals surface area contributed by atoms with E-state index >= 15 is 0 Å². The molecule has 3 N–H and O–H groups in total. The van der Waals surface area contributed by atoms with Crippen molar-refractivity contribution < 1.29 is 19.6 Å². The van der Waals surface area contributed by atoms with Crippen LogP contribution in [0.5, 0.6) is 5.75 Å². The van der Waals surface area contributed by atoms with E-state index < -0.39 is 28.2 Å². The van der Waals surface area contributed by atoms with Gasteiger partial charge < -0.3 is 10.4 Å². The maximum Gasteiger partial charge on any atom is 0.329 e. The number of carbonyl (C=O) groups is 2. The van der Waals surface area contributed by atoms with E-state index in [9.17, 15) is 24.8 Å². The van der Waals surface area contributed by atoms with Crippen LogP contribution in [0.4, 0.5) is 5.69 Å². The fraction of sp³-hybridized carbons (Fsp3) is 0.308. The van der Waals surface area contributed by atoms with E-state index in [4.69, 9.17) is 0 Å². The summed E-state index contributed by atoms with van der Waals surface area (Å²) in [5.41, 5.74) is 1.82. The number of phenolic OH excluding ortho intramolecular Hbond substituents is 1. The Labute approximate surface area is 126 Å². The number of benzene rings is 1. The Morgan fingerprint density at radius 1 is 1.41 bits per heavy atom. The predicted octanol–water partition coefficient (Wildman–Crippen LogP) is 0.667. The van der Waals surface area contributed by atoms with Crippen LogP contribution in [0, 0.1) is 10.1 Å². The first-order valence-electron chi connectivity index (χ1n) is 6.54.